The maximum atomic E-state index is 5.98. The summed E-state index contributed by atoms with van der Waals surface area (Å²) in [5, 5.41) is 0. The molecule has 1 saturated carbocycles. The molecule has 0 saturated heterocycles. The minimum atomic E-state index is 0.292. The van der Waals surface area contributed by atoms with Crippen LogP contribution in [0.5, 0.6) is 0 Å². The van der Waals surface area contributed by atoms with Crippen molar-refractivity contribution in [3.63, 3.8) is 0 Å². The van der Waals surface area contributed by atoms with Gasteiger partial charge in [-0.05, 0) is 44.7 Å². The topological polar surface area (TPSA) is 29.3 Å². The van der Waals surface area contributed by atoms with E-state index in [-0.39, 0.29) is 0 Å². The van der Waals surface area contributed by atoms with Crippen LogP contribution < -0.4 is 5.73 Å². The molecule has 3 atom stereocenters. The number of rotatable bonds is 3. The van der Waals surface area contributed by atoms with Gasteiger partial charge in [0.15, 0.2) is 0 Å². The second-order valence-corrected chi connectivity index (χ2v) is 5.14. The minimum Gasteiger partial charge on any atom is -0.329 e. The van der Waals surface area contributed by atoms with Crippen molar-refractivity contribution in [2.75, 3.05) is 20.1 Å². The second kappa shape index (κ2) is 4.63. The largest absolute Gasteiger partial charge is 0.329 e. The number of nitrogens with two attached hydrogens (primary N) is 1. The molecule has 2 nitrogen and oxygen atoms in total. The van der Waals surface area contributed by atoms with E-state index in [2.05, 4.69) is 32.7 Å². The Balaban J connectivity index is 2.71. The van der Waals surface area contributed by atoms with Gasteiger partial charge in [0.2, 0.25) is 0 Å². The molecule has 1 fully saturated rings. The van der Waals surface area contributed by atoms with E-state index in [4.69, 9.17) is 5.73 Å². The van der Waals surface area contributed by atoms with Gasteiger partial charge in [-0.1, -0.05) is 20.8 Å². The monoisotopic (exact) mass is 198 g/mol. The summed E-state index contributed by atoms with van der Waals surface area (Å²) in [4.78, 5) is 2.45. The van der Waals surface area contributed by atoms with Crippen molar-refractivity contribution in [2.45, 2.75) is 45.6 Å². The lowest BCUT2D eigenvalue weighted by molar-refractivity contribution is 0.0442. The molecule has 0 heterocycles. The molecular formula is C12H26N2. The molecule has 14 heavy (non-hydrogen) atoms. The normalized spacial score (nSPS) is 39.0. The third kappa shape index (κ3) is 2.12. The van der Waals surface area contributed by atoms with Crippen molar-refractivity contribution in [2.24, 2.45) is 17.6 Å². The molecular weight excluding hydrogens is 172 g/mol. The van der Waals surface area contributed by atoms with Crippen LogP contribution in [-0.2, 0) is 0 Å². The van der Waals surface area contributed by atoms with Crippen LogP contribution in [0.2, 0.25) is 0 Å². The van der Waals surface area contributed by atoms with Gasteiger partial charge in [-0.3, -0.25) is 4.90 Å². The highest BCUT2D eigenvalue weighted by molar-refractivity contribution is 4.95. The molecule has 84 valence electrons. The summed E-state index contributed by atoms with van der Waals surface area (Å²) >= 11 is 0. The van der Waals surface area contributed by atoms with Crippen molar-refractivity contribution in [1.82, 2.24) is 4.90 Å². The summed E-state index contributed by atoms with van der Waals surface area (Å²) in [6, 6.07) is 0. The van der Waals surface area contributed by atoms with E-state index in [1.807, 2.05) is 0 Å². The van der Waals surface area contributed by atoms with Crippen LogP contribution in [0.15, 0.2) is 0 Å². The van der Waals surface area contributed by atoms with Crippen LogP contribution in [0.4, 0.5) is 0 Å². The van der Waals surface area contributed by atoms with Crippen molar-refractivity contribution >= 4 is 0 Å². The summed E-state index contributed by atoms with van der Waals surface area (Å²) in [7, 11) is 2.22. The maximum absolute atomic E-state index is 5.98. The van der Waals surface area contributed by atoms with Crippen molar-refractivity contribution in [1.29, 1.82) is 0 Å². The molecule has 0 spiro atoms. The molecule has 1 rings (SSSR count). The van der Waals surface area contributed by atoms with Gasteiger partial charge >= 0.3 is 0 Å². The standard InChI is InChI=1S/C12H26N2/c1-5-14(4)12(9-13)7-6-10(2)11(3)8-12/h10-11H,5-9,13H2,1-4H3. The van der Waals surface area contributed by atoms with Gasteiger partial charge in [0.1, 0.15) is 0 Å². The summed E-state index contributed by atoms with van der Waals surface area (Å²) in [5.41, 5.74) is 6.27. The first kappa shape index (κ1) is 12.0. The number of hydrogen-bond acceptors (Lipinski definition) is 2. The van der Waals surface area contributed by atoms with Crippen molar-refractivity contribution < 1.29 is 0 Å². The first-order valence-corrected chi connectivity index (χ1v) is 5.97. The Bertz CT molecular complexity index is 181. The fourth-order valence-electron chi connectivity index (χ4n) is 2.71. The number of hydrogen-bond donors (Lipinski definition) is 1. The highest BCUT2D eigenvalue weighted by Crippen LogP contribution is 2.38. The van der Waals surface area contributed by atoms with Crippen LogP contribution >= 0.6 is 0 Å². The highest BCUT2D eigenvalue weighted by Gasteiger charge is 2.38. The summed E-state index contributed by atoms with van der Waals surface area (Å²) in [6.45, 7) is 8.89. The predicted octanol–water partition coefficient (Wildman–Crippen LogP) is 2.09. The molecule has 2 heteroatoms. The molecule has 0 aliphatic heterocycles. The molecule has 0 bridgehead atoms. The van der Waals surface area contributed by atoms with E-state index in [0.717, 1.165) is 24.9 Å². The lowest BCUT2D eigenvalue weighted by Crippen LogP contribution is -2.55. The Morgan fingerprint density at radius 3 is 2.43 bits per heavy atom. The van der Waals surface area contributed by atoms with Gasteiger partial charge in [-0.15, -0.1) is 0 Å². The fourth-order valence-corrected chi connectivity index (χ4v) is 2.71. The molecule has 3 unspecified atom stereocenters. The van der Waals surface area contributed by atoms with Crippen LogP contribution in [-0.4, -0.2) is 30.6 Å². The summed E-state index contributed by atoms with van der Waals surface area (Å²) < 4.78 is 0. The SMILES string of the molecule is CCN(C)C1(CN)CCC(C)C(C)C1. The first-order chi connectivity index (χ1) is 6.55. The summed E-state index contributed by atoms with van der Waals surface area (Å²) in [6.07, 6.45) is 3.89. The molecule has 0 radical (unpaired) electrons. The molecule has 1 aliphatic rings. The maximum Gasteiger partial charge on any atom is 0.0331 e. The van der Waals surface area contributed by atoms with E-state index in [9.17, 15) is 0 Å². The average Bonchev–Trinajstić information content (AvgIpc) is 2.21. The van der Waals surface area contributed by atoms with Crippen molar-refractivity contribution in [3.8, 4) is 0 Å². The Kier molecular flexibility index (Phi) is 3.96. The summed E-state index contributed by atoms with van der Waals surface area (Å²) in [5.74, 6) is 1.70. The lowest BCUT2D eigenvalue weighted by atomic mass is 9.70. The minimum absolute atomic E-state index is 0.292. The Labute approximate surface area is 88.8 Å². The Morgan fingerprint density at radius 2 is 2.00 bits per heavy atom. The Hall–Kier alpha value is -0.0800. The van der Waals surface area contributed by atoms with Crippen LogP contribution in [0, 0.1) is 11.8 Å². The molecule has 0 amide bonds. The smallest absolute Gasteiger partial charge is 0.0331 e. The van der Waals surface area contributed by atoms with E-state index >= 15 is 0 Å². The number of likely N-dealkylation sites (N-methyl/N-ethyl adjacent to an activating group) is 1. The lowest BCUT2D eigenvalue weighted by Gasteiger charge is -2.47. The zero-order chi connectivity index (χ0) is 10.8. The highest BCUT2D eigenvalue weighted by atomic mass is 15.2. The molecule has 2 N–H and O–H groups in total. The van der Waals surface area contributed by atoms with Gasteiger partial charge in [0, 0.05) is 12.1 Å². The average molecular weight is 198 g/mol. The third-order valence-corrected chi connectivity index (χ3v) is 4.40. The van der Waals surface area contributed by atoms with Crippen LogP contribution in [0.3, 0.4) is 0 Å². The molecule has 1 aliphatic carbocycles. The second-order valence-electron chi connectivity index (χ2n) is 5.14. The number of nitrogens with zero attached hydrogens (tertiary/aromatic N) is 1. The molecule has 0 aromatic heterocycles. The van der Waals surface area contributed by atoms with Gasteiger partial charge < -0.3 is 5.73 Å². The van der Waals surface area contributed by atoms with Gasteiger partial charge in [0.05, 0.1) is 0 Å². The molecule has 0 aromatic carbocycles. The van der Waals surface area contributed by atoms with Gasteiger partial charge in [-0.2, -0.15) is 0 Å². The van der Waals surface area contributed by atoms with Crippen LogP contribution in [0.1, 0.15) is 40.0 Å². The first-order valence-electron chi connectivity index (χ1n) is 5.97. The fraction of sp³-hybridized carbons (Fsp3) is 1.00. The predicted molar refractivity (Wildman–Crippen MR) is 62.3 cm³/mol. The molecule has 0 aromatic rings. The zero-order valence-electron chi connectivity index (χ0n) is 10.2. The van der Waals surface area contributed by atoms with Gasteiger partial charge in [0.25, 0.3) is 0 Å². The quantitative estimate of drug-likeness (QED) is 0.752. The van der Waals surface area contributed by atoms with Crippen LogP contribution in [0.25, 0.3) is 0 Å². The van der Waals surface area contributed by atoms with E-state index in [1.54, 1.807) is 0 Å². The van der Waals surface area contributed by atoms with Gasteiger partial charge in [-0.25, -0.2) is 0 Å². The zero-order valence-corrected chi connectivity index (χ0v) is 10.2. The van der Waals surface area contributed by atoms with E-state index in [1.165, 1.54) is 19.3 Å². The third-order valence-electron chi connectivity index (χ3n) is 4.40. The van der Waals surface area contributed by atoms with E-state index in [0.29, 0.717) is 5.54 Å². The van der Waals surface area contributed by atoms with E-state index < -0.39 is 0 Å². The Morgan fingerprint density at radius 1 is 1.36 bits per heavy atom. The van der Waals surface area contributed by atoms with Crippen molar-refractivity contribution in [3.05, 3.63) is 0 Å².